The van der Waals surface area contributed by atoms with Crippen LogP contribution >= 0.6 is 15.2 Å². The van der Waals surface area contributed by atoms with E-state index in [0.29, 0.717) is 12.8 Å². The lowest BCUT2D eigenvalue weighted by atomic mass is 10.2. The highest BCUT2D eigenvalue weighted by Crippen LogP contribution is 2.61. The SMILES string of the molecule is O=P([O-])([O-])C1(P(=O)([O-])[O-])CCCCCN1. The van der Waals surface area contributed by atoms with Gasteiger partial charge in [-0.05, 0) is 34.6 Å². The maximum absolute atomic E-state index is 10.9. The minimum absolute atomic E-state index is 0.0446. The minimum atomic E-state index is -5.52. The van der Waals surface area contributed by atoms with E-state index < -0.39 is 26.6 Å². The molecule has 9 heteroatoms. The van der Waals surface area contributed by atoms with Crippen LogP contribution in [0.2, 0.25) is 0 Å². The summed E-state index contributed by atoms with van der Waals surface area (Å²) in [5.74, 6) is 0. The molecule has 1 aliphatic rings. The molecule has 1 rings (SSSR count). The molecule has 0 radical (unpaired) electrons. The summed E-state index contributed by atoms with van der Waals surface area (Å²) in [6.45, 7) is 0.0446. The molecule has 0 aromatic carbocycles. The molecular weight excluding hydrogens is 244 g/mol. The maximum Gasteiger partial charge on any atom is 0.0732 e. The molecular formula is C6H11NO6P2-4. The van der Waals surface area contributed by atoms with Crippen molar-refractivity contribution < 1.29 is 28.7 Å². The largest absolute Gasteiger partial charge is 0.809 e. The normalized spacial score (nSPS) is 23.5. The number of hydrogen-bond donors (Lipinski definition) is 1. The van der Waals surface area contributed by atoms with Crippen molar-refractivity contribution in [3.05, 3.63) is 0 Å². The average Bonchev–Trinajstić information content (AvgIpc) is 2.25. The van der Waals surface area contributed by atoms with Crippen LogP contribution in [0.15, 0.2) is 0 Å². The second-order valence-electron chi connectivity index (χ2n) is 3.55. The van der Waals surface area contributed by atoms with Gasteiger partial charge in [0.25, 0.3) is 0 Å². The van der Waals surface area contributed by atoms with Crippen molar-refractivity contribution in [3.63, 3.8) is 0 Å². The van der Waals surface area contributed by atoms with Gasteiger partial charge in [0.05, 0.1) is 5.02 Å². The lowest BCUT2D eigenvalue weighted by Crippen LogP contribution is -2.54. The molecule has 90 valence electrons. The van der Waals surface area contributed by atoms with Crippen molar-refractivity contribution in [2.24, 2.45) is 0 Å². The summed E-state index contributed by atoms with van der Waals surface area (Å²) in [7, 11) is -11.0. The molecule has 0 aromatic rings. The standard InChI is InChI=1S/C6H15NO6P2/c8-14(9,10)6(15(11,12)13)4-2-1-3-5-7-6/h7H,1-5H2,(H2,8,9,10)(H2,11,12,13)/p-4. The van der Waals surface area contributed by atoms with Gasteiger partial charge in [-0.3, -0.25) is 0 Å². The van der Waals surface area contributed by atoms with E-state index in [9.17, 15) is 28.7 Å². The third-order valence-electron chi connectivity index (χ3n) is 2.52. The number of hydrogen-bond acceptors (Lipinski definition) is 7. The van der Waals surface area contributed by atoms with Crippen molar-refractivity contribution in [2.45, 2.75) is 30.7 Å². The maximum atomic E-state index is 10.9. The fraction of sp³-hybridized carbons (Fsp3) is 1.00. The van der Waals surface area contributed by atoms with Crippen LogP contribution in [0.25, 0.3) is 0 Å². The van der Waals surface area contributed by atoms with Crippen molar-refractivity contribution >= 4 is 15.2 Å². The van der Waals surface area contributed by atoms with Crippen LogP contribution in [0.4, 0.5) is 0 Å². The Balaban J connectivity index is 3.17. The van der Waals surface area contributed by atoms with Gasteiger partial charge in [0.2, 0.25) is 0 Å². The number of nitrogens with one attached hydrogen (secondary N) is 1. The fourth-order valence-electron chi connectivity index (χ4n) is 1.67. The van der Waals surface area contributed by atoms with Gasteiger partial charge >= 0.3 is 0 Å². The Labute approximate surface area is 87.2 Å². The van der Waals surface area contributed by atoms with Gasteiger partial charge < -0.3 is 34.0 Å². The van der Waals surface area contributed by atoms with E-state index in [1.165, 1.54) is 0 Å². The first-order valence-electron chi connectivity index (χ1n) is 4.50. The highest BCUT2D eigenvalue weighted by atomic mass is 31.2. The number of rotatable bonds is 2. The molecule has 7 nitrogen and oxygen atoms in total. The first-order valence-corrected chi connectivity index (χ1v) is 7.59. The van der Waals surface area contributed by atoms with Gasteiger partial charge in [0.1, 0.15) is 0 Å². The van der Waals surface area contributed by atoms with E-state index in [0.717, 1.165) is 0 Å². The van der Waals surface area contributed by atoms with Crippen LogP contribution in [0, 0.1) is 0 Å². The van der Waals surface area contributed by atoms with Gasteiger partial charge in [-0.2, -0.15) is 0 Å². The molecule has 15 heavy (non-hydrogen) atoms. The first-order chi connectivity index (χ1) is 6.71. The van der Waals surface area contributed by atoms with E-state index in [-0.39, 0.29) is 13.0 Å². The Morgan fingerprint density at radius 1 is 0.933 bits per heavy atom. The Bertz CT molecular complexity index is 288. The van der Waals surface area contributed by atoms with Crippen LogP contribution < -0.4 is 24.9 Å². The highest BCUT2D eigenvalue weighted by molar-refractivity contribution is 7.69. The molecule has 0 bridgehead atoms. The molecule has 0 atom stereocenters. The third-order valence-corrected chi connectivity index (χ3v) is 6.56. The zero-order valence-corrected chi connectivity index (χ0v) is 9.67. The summed E-state index contributed by atoms with van der Waals surface area (Å²) in [6, 6.07) is 0. The summed E-state index contributed by atoms with van der Waals surface area (Å²) in [5, 5.41) is -0.724. The molecule has 1 heterocycles. The Morgan fingerprint density at radius 2 is 1.47 bits per heavy atom. The molecule has 0 amide bonds. The lowest BCUT2D eigenvalue weighted by Gasteiger charge is -2.59. The molecule has 1 saturated heterocycles. The van der Waals surface area contributed by atoms with E-state index in [2.05, 4.69) is 5.32 Å². The van der Waals surface area contributed by atoms with Gasteiger partial charge in [-0.25, -0.2) is 0 Å². The van der Waals surface area contributed by atoms with Crippen LogP contribution in [0.1, 0.15) is 25.7 Å². The van der Waals surface area contributed by atoms with E-state index in [1.54, 1.807) is 0 Å². The summed E-state index contributed by atoms with van der Waals surface area (Å²) in [4.78, 5) is 43.8. The predicted molar refractivity (Wildman–Crippen MR) is 44.4 cm³/mol. The second-order valence-corrected chi connectivity index (χ2v) is 7.42. The Hall–Kier alpha value is 0.260. The van der Waals surface area contributed by atoms with Gasteiger partial charge in [-0.1, -0.05) is 12.8 Å². The molecule has 0 spiro atoms. The monoisotopic (exact) mass is 255 g/mol. The summed E-state index contributed by atoms with van der Waals surface area (Å²) >= 11 is 0. The van der Waals surface area contributed by atoms with Crippen LogP contribution in [0.5, 0.6) is 0 Å². The fourth-order valence-corrected chi connectivity index (χ4v) is 4.34. The van der Waals surface area contributed by atoms with E-state index in [4.69, 9.17) is 0 Å². The minimum Gasteiger partial charge on any atom is -0.809 e. The smallest absolute Gasteiger partial charge is 0.0732 e. The van der Waals surface area contributed by atoms with Crippen molar-refractivity contribution in [2.75, 3.05) is 6.54 Å². The summed E-state index contributed by atoms with van der Waals surface area (Å²) < 4.78 is 21.9. The van der Waals surface area contributed by atoms with Gasteiger partial charge in [0, 0.05) is 0 Å². The Morgan fingerprint density at radius 3 is 1.93 bits per heavy atom. The first kappa shape index (κ1) is 13.3. The molecule has 1 N–H and O–H groups in total. The highest BCUT2D eigenvalue weighted by Gasteiger charge is 2.37. The Kier molecular flexibility index (Phi) is 3.78. The molecule has 0 aromatic heterocycles. The average molecular weight is 255 g/mol. The third kappa shape index (κ3) is 2.50. The second kappa shape index (κ2) is 4.26. The van der Waals surface area contributed by atoms with Gasteiger partial charge in [-0.15, -0.1) is 0 Å². The summed E-state index contributed by atoms with van der Waals surface area (Å²) in [5.41, 5.74) is 0. The van der Waals surface area contributed by atoms with Crippen molar-refractivity contribution in [3.8, 4) is 0 Å². The van der Waals surface area contributed by atoms with E-state index in [1.807, 2.05) is 0 Å². The molecule has 0 saturated carbocycles. The predicted octanol–water partition coefficient (Wildman–Crippen LogP) is -2.37. The molecule has 1 fully saturated rings. The van der Waals surface area contributed by atoms with Crippen LogP contribution in [0.3, 0.4) is 0 Å². The topological polar surface area (TPSA) is 138 Å². The zero-order valence-electron chi connectivity index (χ0n) is 7.88. The molecule has 0 aliphatic carbocycles. The van der Waals surface area contributed by atoms with Crippen molar-refractivity contribution in [1.82, 2.24) is 5.32 Å². The van der Waals surface area contributed by atoms with Crippen LogP contribution in [-0.2, 0) is 9.13 Å². The molecule has 1 aliphatic heterocycles. The zero-order chi connectivity index (χ0) is 11.7. The quantitative estimate of drug-likeness (QED) is 0.544. The summed E-state index contributed by atoms with van der Waals surface area (Å²) in [6.07, 6.45) is 0.911. The van der Waals surface area contributed by atoms with Crippen molar-refractivity contribution in [1.29, 1.82) is 0 Å². The van der Waals surface area contributed by atoms with Gasteiger partial charge in [0.15, 0.2) is 0 Å². The lowest BCUT2D eigenvalue weighted by molar-refractivity contribution is -0.338. The van der Waals surface area contributed by atoms with Crippen LogP contribution in [-0.4, -0.2) is 11.6 Å². The molecule has 0 unspecified atom stereocenters. The van der Waals surface area contributed by atoms with E-state index >= 15 is 0 Å².